The fraction of sp³-hybridized carbons (Fsp3) is 0.0208. The van der Waals surface area contributed by atoms with Crippen LogP contribution in [-0.4, -0.2) is 26.7 Å². The third-order valence-corrected chi connectivity index (χ3v) is 9.17. The van der Waals surface area contributed by atoms with Gasteiger partial charge in [0, 0.05) is 34.0 Å². The molecule has 0 fully saturated rings. The van der Waals surface area contributed by atoms with E-state index in [0.717, 1.165) is 72.2 Å². The fourth-order valence-corrected chi connectivity index (χ4v) is 6.50. The topological polar surface area (TPSA) is 63.9 Å². The second-order valence-electron chi connectivity index (χ2n) is 12.6. The highest BCUT2D eigenvalue weighted by Gasteiger charge is 2.14. The molecule has 0 amide bonds. The van der Waals surface area contributed by atoms with Gasteiger partial charge in [0.05, 0.1) is 11.4 Å². The van der Waals surface area contributed by atoms with Crippen molar-refractivity contribution in [3.05, 3.63) is 188 Å². The molecule has 2 heterocycles. The van der Waals surface area contributed by atoms with Gasteiger partial charge in [-0.3, -0.25) is 9.98 Å². The average Bonchev–Trinajstić information content (AvgIpc) is 3.24. The summed E-state index contributed by atoms with van der Waals surface area (Å²) >= 11 is 0. The van der Waals surface area contributed by atoms with Gasteiger partial charge >= 0.3 is 0 Å². The van der Waals surface area contributed by atoms with Gasteiger partial charge in [0.15, 0.2) is 17.5 Å². The predicted octanol–water partition coefficient (Wildman–Crippen LogP) is 12.0. The molecule has 8 rings (SSSR count). The van der Waals surface area contributed by atoms with Crippen molar-refractivity contribution in [3.8, 4) is 67.7 Å². The van der Waals surface area contributed by atoms with Crippen LogP contribution in [0.15, 0.2) is 187 Å². The van der Waals surface area contributed by atoms with Crippen molar-refractivity contribution in [2.75, 3.05) is 0 Å². The van der Waals surface area contributed by atoms with Crippen LogP contribution in [-0.2, 0) is 0 Å². The summed E-state index contributed by atoms with van der Waals surface area (Å²) in [6, 6.07) is 54.2. The Morgan fingerprint density at radius 2 is 1.13 bits per heavy atom. The predicted molar refractivity (Wildman–Crippen MR) is 220 cm³/mol. The Balaban J connectivity index is 1.16. The second kappa shape index (κ2) is 15.0. The van der Waals surface area contributed by atoms with E-state index in [2.05, 4.69) is 95.6 Å². The SMILES string of the molecule is C=N/C(=C\C=C/C)c1cc(-c2ccccn2)cc(-c2cccc3cc(-c4ccc(-c5nc(-c6ccccc6)nc(-c6ccccc6)n5)cc4)ccc23)c1. The van der Waals surface area contributed by atoms with Crippen molar-refractivity contribution in [3.63, 3.8) is 0 Å². The van der Waals surface area contributed by atoms with Crippen molar-refractivity contribution >= 4 is 23.2 Å². The number of benzene rings is 6. The molecule has 8 aromatic rings. The quantitative estimate of drug-likeness (QED) is 0.112. The Kier molecular flexibility index (Phi) is 9.36. The maximum absolute atomic E-state index is 4.90. The molecule has 6 aromatic carbocycles. The number of allylic oxidation sites excluding steroid dienone is 3. The zero-order valence-electron chi connectivity index (χ0n) is 29.3. The van der Waals surface area contributed by atoms with Crippen LogP contribution < -0.4 is 0 Å². The van der Waals surface area contributed by atoms with Crippen molar-refractivity contribution in [1.29, 1.82) is 0 Å². The lowest BCUT2D eigenvalue weighted by atomic mass is 9.92. The first-order valence-electron chi connectivity index (χ1n) is 17.5. The lowest BCUT2D eigenvalue weighted by Gasteiger charge is -2.13. The average molecular weight is 682 g/mol. The summed E-state index contributed by atoms with van der Waals surface area (Å²) in [6.45, 7) is 5.85. The molecule has 0 N–H and O–H groups in total. The van der Waals surface area contributed by atoms with Gasteiger partial charge in [-0.1, -0.05) is 133 Å². The van der Waals surface area contributed by atoms with Gasteiger partial charge in [0.1, 0.15) is 0 Å². The van der Waals surface area contributed by atoms with E-state index < -0.39 is 0 Å². The molecule has 2 aromatic heterocycles. The van der Waals surface area contributed by atoms with E-state index in [4.69, 9.17) is 15.0 Å². The van der Waals surface area contributed by atoms with Gasteiger partial charge < -0.3 is 0 Å². The maximum atomic E-state index is 4.90. The van der Waals surface area contributed by atoms with Gasteiger partial charge in [-0.2, -0.15) is 0 Å². The number of aliphatic imine (C=N–C) groups is 1. The number of rotatable bonds is 9. The van der Waals surface area contributed by atoms with Gasteiger partial charge in [-0.05, 0) is 89.1 Å². The molecule has 53 heavy (non-hydrogen) atoms. The number of nitrogens with zero attached hydrogens (tertiary/aromatic N) is 5. The fourth-order valence-electron chi connectivity index (χ4n) is 6.50. The smallest absolute Gasteiger partial charge is 0.164 e. The molecule has 0 aliphatic carbocycles. The summed E-state index contributed by atoms with van der Waals surface area (Å²) in [5.74, 6) is 1.93. The lowest BCUT2D eigenvalue weighted by Crippen LogP contribution is -2.00. The van der Waals surface area contributed by atoms with Crippen LogP contribution >= 0.6 is 0 Å². The van der Waals surface area contributed by atoms with Crippen LogP contribution in [0.5, 0.6) is 0 Å². The molecule has 252 valence electrons. The number of hydrogen-bond donors (Lipinski definition) is 0. The summed E-state index contributed by atoms with van der Waals surface area (Å²) in [6.07, 6.45) is 7.78. The first-order valence-corrected chi connectivity index (χ1v) is 17.5. The summed E-state index contributed by atoms with van der Waals surface area (Å²) in [5, 5.41) is 2.31. The first kappa shape index (κ1) is 33.1. The van der Waals surface area contributed by atoms with Crippen molar-refractivity contribution in [1.82, 2.24) is 19.9 Å². The van der Waals surface area contributed by atoms with E-state index in [1.54, 1.807) is 0 Å². The molecule has 0 saturated carbocycles. The molecule has 0 unspecified atom stereocenters. The van der Waals surface area contributed by atoms with Crippen LogP contribution in [0, 0.1) is 0 Å². The minimum absolute atomic E-state index is 0.634. The van der Waals surface area contributed by atoms with Gasteiger partial charge in [-0.15, -0.1) is 0 Å². The van der Waals surface area contributed by atoms with Crippen molar-refractivity contribution < 1.29 is 0 Å². The molecule has 0 saturated heterocycles. The van der Waals surface area contributed by atoms with E-state index in [9.17, 15) is 0 Å². The second-order valence-corrected chi connectivity index (χ2v) is 12.6. The standard InChI is InChI=1S/C48H35N5/c1-3-4-20-44(49-2)40-30-39(31-41(32-40)45-21-11-12-28-50-45)42-19-13-18-38-29-37(26-27-43(38)42)33-22-24-36(25-23-33)48-52-46(34-14-7-5-8-15-34)51-47(53-48)35-16-9-6-10-17-35/h3-32H,2H2,1H3/b4-3-,44-20-. The highest BCUT2D eigenvalue weighted by Crippen LogP contribution is 2.36. The number of fused-ring (bicyclic) bond motifs is 1. The van der Waals surface area contributed by atoms with Crippen LogP contribution in [0.1, 0.15) is 12.5 Å². The van der Waals surface area contributed by atoms with E-state index in [-0.39, 0.29) is 0 Å². The Hall–Kier alpha value is -7.11. The minimum Gasteiger partial charge on any atom is -0.264 e. The molecular weight excluding hydrogens is 647 g/mol. The highest BCUT2D eigenvalue weighted by atomic mass is 15.0. The summed E-state index contributed by atoms with van der Waals surface area (Å²) < 4.78 is 0. The number of hydrogen-bond acceptors (Lipinski definition) is 5. The zero-order valence-corrected chi connectivity index (χ0v) is 29.3. The molecule has 0 aliphatic heterocycles. The molecule has 5 nitrogen and oxygen atoms in total. The van der Waals surface area contributed by atoms with Crippen LogP contribution in [0.2, 0.25) is 0 Å². The van der Waals surface area contributed by atoms with E-state index in [1.807, 2.05) is 110 Å². The largest absolute Gasteiger partial charge is 0.264 e. The van der Waals surface area contributed by atoms with Gasteiger partial charge in [0.2, 0.25) is 0 Å². The monoisotopic (exact) mass is 681 g/mol. The molecule has 0 spiro atoms. The Morgan fingerprint density at radius 1 is 0.528 bits per heavy atom. The highest BCUT2D eigenvalue weighted by molar-refractivity contribution is 6.00. The molecule has 5 heteroatoms. The van der Waals surface area contributed by atoms with Crippen LogP contribution in [0.25, 0.3) is 84.1 Å². The van der Waals surface area contributed by atoms with Crippen LogP contribution in [0.4, 0.5) is 0 Å². The zero-order chi connectivity index (χ0) is 36.0. The Morgan fingerprint density at radius 3 is 1.75 bits per heavy atom. The third-order valence-electron chi connectivity index (χ3n) is 9.17. The van der Waals surface area contributed by atoms with E-state index in [0.29, 0.717) is 17.5 Å². The van der Waals surface area contributed by atoms with Gasteiger partial charge in [0.25, 0.3) is 0 Å². The molecular formula is C48H35N5. The number of aromatic nitrogens is 4. The first-order chi connectivity index (χ1) is 26.2. The van der Waals surface area contributed by atoms with Crippen molar-refractivity contribution in [2.24, 2.45) is 4.99 Å². The Labute approximate surface area is 309 Å². The van der Waals surface area contributed by atoms with Crippen molar-refractivity contribution in [2.45, 2.75) is 6.92 Å². The molecule has 0 aliphatic rings. The normalized spacial score (nSPS) is 11.6. The minimum atomic E-state index is 0.634. The molecule has 0 radical (unpaired) electrons. The third kappa shape index (κ3) is 7.09. The summed E-state index contributed by atoms with van der Waals surface area (Å²) in [7, 11) is 0. The molecule has 0 atom stereocenters. The number of pyridine rings is 1. The van der Waals surface area contributed by atoms with Gasteiger partial charge in [-0.25, -0.2) is 15.0 Å². The van der Waals surface area contributed by atoms with E-state index >= 15 is 0 Å². The summed E-state index contributed by atoms with van der Waals surface area (Å²) in [5.41, 5.74) is 11.0. The summed E-state index contributed by atoms with van der Waals surface area (Å²) in [4.78, 5) is 23.7. The maximum Gasteiger partial charge on any atom is 0.164 e. The van der Waals surface area contributed by atoms with E-state index in [1.165, 1.54) is 0 Å². The lowest BCUT2D eigenvalue weighted by molar-refractivity contribution is 1.07. The molecule has 0 bridgehead atoms. The Bertz CT molecular complexity index is 2550. The van der Waals surface area contributed by atoms with Crippen LogP contribution in [0.3, 0.4) is 0 Å².